The Morgan fingerprint density at radius 3 is 2.63 bits per heavy atom. The van der Waals surface area contributed by atoms with E-state index in [1.165, 1.54) is 0 Å². The van der Waals surface area contributed by atoms with Crippen LogP contribution in [-0.4, -0.2) is 26.5 Å². The number of nitrogens with two attached hydrogens (primary N) is 1. The summed E-state index contributed by atoms with van der Waals surface area (Å²) in [5.41, 5.74) is 7.07. The fourth-order valence-electron chi connectivity index (χ4n) is 1.49. The minimum Gasteiger partial charge on any atom is -0.326 e. The van der Waals surface area contributed by atoms with Crippen LogP contribution < -0.4 is 10.5 Å². The molecule has 0 aliphatic heterocycles. The van der Waals surface area contributed by atoms with E-state index < -0.39 is 10.0 Å². The molecule has 0 saturated carbocycles. The molecular formula is C12H19BrN2O2S2. The van der Waals surface area contributed by atoms with Crippen LogP contribution in [0.1, 0.15) is 18.1 Å². The summed E-state index contributed by atoms with van der Waals surface area (Å²) in [4.78, 5) is 0.288. The first-order chi connectivity index (χ1) is 8.81. The van der Waals surface area contributed by atoms with Crippen molar-refractivity contribution in [1.82, 2.24) is 4.72 Å². The lowest BCUT2D eigenvalue weighted by atomic mass is 10.1. The Morgan fingerprint density at radius 1 is 1.47 bits per heavy atom. The van der Waals surface area contributed by atoms with Gasteiger partial charge in [-0.05, 0) is 36.4 Å². The van der Waals surface area contributed by atoms with Crippen LogP contribution in [0.4, 0.5) is 0 Å². The lowest BCUT2D eigenvalue weighted by Gasteiger charge is -2.14. The Labute approximate surface area is 127 Å². The average molecular weight is 367 g/mol. The summed E-state index contributed by atoms with van der Waals surface area (Å²) in [5.74, 6) is 0. The van der Waals surface area contributed by atoms with Crippen LogP contribution in [0.25, 0.3) is 0 Å². The summed E-state index contributed by atoms with van der Waals surface area (Å²) in [6.45, 7) is 4.47. The van der Waals surface area contributed by atoms with Crippen molar-refractivity contribution in [3.63, 3.8) is 0 Å². The summed E-state index contributed by atoms with van der Waals surface area (Å²) in [5, 5.41) is 0.233. The maximum atomic E-state index is 12.3. The number of halogens is 1. The Bertz CT molecular complexity index is 547. The summed E-state index contributed by atoms with van der Waals surface area (Å²) < 4.78 is 28.0. The Morgan fingerprint density at radius 2 is 2.11 bits per heavy atom. The average Bonchev–Trinajstić information content (AvgIpc) is 2.38. The Kier molecular flexibility index (Phi) is 6.32. The molecule has 1 atom stereocenters. The van der Waals surface area contributed by atoms with E-state index in [9.17, 15) is 8.42 Å². The molecule has 108 valence electrons. The topological polar surface area (TPSA) is 72.2 Å². The van der Waals surface area contributed by atoms with E-state index in [0.717, 1.165) is 10.0 Å². The summed E-state index contributed by atoms with van der Waals surface area (Å²) in [6.07, 6.45) is 1.95. The summed E-state index contributed by atoms with van der Waals surface area (Å²) in [6, 6.07) is 3.48. The van der Waals surface area contributed by atoms with Gasteiger partial charge in [-0.3, -0.25) is 0 Å². The number of hydrogen-bond donors (Lipinski definition) is 2. The molecule has 1 aromatic carbocycles. The van der Waals surface area contributed by atoms with Gasteiger partial charge in [0, 0.05) is 22.8 Å². The normalized spacial score (nSPS) is 13.5. The Hall–Kier alpha value is -0.0800. The van der Waals surface area contributed by atoms with E-state index in [1.54, 1.807) is 24.8 Å². The second kappa shape index (κ2) is 7.08. The summed E-state index contributed by atoms with van der Waals surface area (Å²) in [7, 11) is -3.50. The van der Waals surface area contributed by atoms with Crippen LogP contribution in [0.3, 0.4) is 0 Å². The highest BCUT2D eigenvalue weighted by Crippen LogP contribution is 2.25. The predicted octanol–water partition coefficient (Wildman–Crippen LogP) is 2.25. The third kappa shape index (κ3) is 4.46. The third-order valence-electron chi connectivity index (χ3n) is 2.84. The molecule has 0 radical (unpaired) electrons. The van der Waals surface area contributed by atoms with Gasteiger partial charge >= 0.3 is 0 Å². The van der Waals surface area contributed by atoms with Gasteiger partial charge in [0.15, 0.2) is 0 Å². The number of sulfonamides is 1. The van der Waals surface area contributed by atoms with Gasteiger partial charge in [-0.25, -0.2) is 13.1 Å². The van der Waals surface area contributed by atoms with Crippen LogP contribution >= 0.6 is 27.7 Å². The summed E-state index contributed by atoms with van der Waals surface area (Å²) >= 11 is 4.99. The standard InChI is InChI=1S/C12H19BrN2O2S2/c1-8(18-3)7-15-19(16,17)12-5-10(6-14)4-11(13)9(12)2/h4-5,8,15H,6-7,14H2,1-3H3. The minimum absolute atomic E-state index is 0.233. The molecule has 0 spiro atoms. The molecule has 7 heteroatoms. The fraction of sp³-hybridized carbons (Fsp3) is 0.500. The van der Waals surface area contributed by atoms with Crippen molar-refractivity contribution in [3.05, 3.63) is 27.7 Å². The van der Waals surface area contributed by atoms with Gasteiger partial charge in [-0.1, -0.05) is 22.9 Å². The number of nitrogens with one attached hydrogen (secondary N) is 1. The van der Waals surface area contributed by atoms with Gasteiger partial charge in [0.2, 0.25) is 10.0 Å². The lowest BCUT2D eigenvalue weighted by molar-refractivity contribution is 0.580. The first-order valence-electron chi connectivity index (χ1n) is 5.83. The van der Waals surface area contributed by atoms with E-state index in [2.05, 4.69) is 20.7 Å². The number of benzene rings is 1. The van der Waals surface area contributed by atoms with Crippen molar-refractivity contribution in [1.29, 1.82) is 0 Å². The molecule has 0 aliphatic rings. The lowest BCUT2D eigenvalue weighted by Crippen LogP contribution is -2.30. The van der Waals surface area contributed by atoms with Gasteiger partial charge in [0.05, 0.1) is 4.90 Å². The van der Waals surface area contributed by atoms with Crippen LogP contribution in [0.15, 0.2) is 21.5 Å². The predicted molar refractivity (Wildman–Crippen MR) is 84.9 cm³/mol. The molecule has 0 saturated heterocycles. The zero-order valence-electron chi connectivity index (χ0n) is 11.2. The number of hydrogen-bond acceptors (Lipinski definition) is 4. The van der Waals surface area contributed by atoms with E-state index in [-0.39, 0.29) is 10.1 Å². The second-order valence-corrected chi connectivity index (χ2v) is 8.17. The highest BCUT2D eigenvalue weighted by molar-refractivity contribution is 9.10. The maximum Gasteiger partial charge on any atom is 0.240 e. The van der Waals surface area contributed by atoms with E-state index in [1.807, 2.05) is 19.2 Å². The second-order valence-electron chi connectivity index (χ2n) is 4.30. The molecule has 0 amide bonds. The van der Waals surface area contributed by atoms with Crippen molar-refractivity contribution >= 4 is 37.7 Å². The molecule has 1 aromatic rings. The zero-order chi connectivity index (χ0) is 14.6. The van der Waals surface area contributed by atoms with Crippen molar-refractivity contribution in [3.8, 4) is 0 Å². The molecule has 1 unspecified atom stereocenters. The third-order valence-corrected chi connectivity index (χ3v) is 6.19. The smallest absolute Gasteiger partial charge is 0.240 e. The van der Waals surface area contributed by atoms with Crippen LogP contribution in [-0.2, 0) is 16.6 Å². The molecule has 0 aliphatic carbocycles. The number of rotatable bonds is 6. The molecule has 3 N–H and O–H groups in total. The van der Waals surface area contributed by atoms with Gasteiger partial charge in [-0.2, -0.15) is 11.8 Å². The highest BCUT2D eigenvalue weighted by Gasteiger charge is 2.19. The molecular weight excluding hydrogens is 348 g/mol. The molecule has 0 bridgehead atoms. The van der Waals surface area contributed by atoms with E-state index in [4.69, 9.17) is 5.73 Å². The first kappa shape index (κ1) is 17.0. The van der Waals surface area contributed by atoms with Crippen molar-refractivity contribution in [2.24, 2.45) is 5.73 Å². The minimum atomic E-state index is -3.50. The SMILES string of the molecule is CSC(C)CNS(=O)(=O)c1cc(CN)cc(Br)c1C. The van der Waals surface area contributed by atoms with Gasteiger partial charge in [-0.15, -0.1) is 0 Å². The quantitative estimate of drug-likeness (QED) is 0.809. The van der Waals surface area contributed by atoms with Gasteiger partial charge < -0.3 is 5.73 Å². The largest absolute Gasteiger partial charge is 0.326 e. The van der Waals surface area contributed by atoms with Gasteiger partial charge in [0.1, 0.15) is 0 Å². The fourth-order valence-corrected chi connectivity index (χ4v) is 3.93. The Balaban J connectivity index is 3.10. The number of thioether (sulfide) groups is 1. The first-order valence-corrected chi connectivity index (χ1v) is 9.39. The highest BCUT2D eigenvalue weighted by atomic mass is 79.9. The monoisotopic (exact) mass is 366 g/mol. The van der Waals surface area contributed by atoms with Crippen molar-refractivity contribution in [2.75, 3.05) is 12.8 Å². The van der Waals surface area contributed by atoms with Crippen LogP contribution in [0.5, 0.6) is 0 Å². The zero-order valence-corrected chi connectivity index (χ0v) is 14.5. The molecule has 0 fully saturated rings. The molecule has 1 rings (SSSR count). The molecule has 19 heavy (non-hydrogen) atoms. The molecule has 0 heterocycles. The van der Waals surface area contributed by atoms with Crippen molar-refractivity contribution < 1.29 is 8.42 Å². The van der Waals surface area contributed by atoms with Crippen molar-refractivity contribution in [2.45, 2.75) is 30.5 Å². The van der Waals surface area contributed by atoms with Crippen LogP contribution in [0.2, 0.25) is 0 Å². The van der Waals surface area contributed by atoms with E-state index in [0.29, 0.717) is 18.7 Å². The molecule has 4 nitrogen and oxygen atoms in total. The van der Waals surface area contributed by atoms with Crippen LogP contribution in [0, 0.1) is 6.92 Å². The molecule has 0 aromatic heterocycles. The maximum absolute atomic E-state index is 12.3. The van der Waals surface area contributed by atoms with E-state index >= 15 is 0 Å². The van der Waals surface area contributed by atoms with Gasteiger partial charge in [0.25, 0.3) is 0 Å².